The number of carbonyl (C=O) groups excluding carboxylic acids is 1. The average Bonchev–Trinajstić information content (AvgIpc) is 2.42. The zero-order valence-electron chi connectivity index (χ0n) is 10.8. The summed E-state index contributed by atoms with van der Waals surface area (Å²) in [5.41, 5.74) is 0.915. The van der Waals surface area contributed by atoms with Crippen LogP contribution in [-0.4, -0.2) is 30.8 Å². The smallest absolute Gasteiger partial charge is 0.220 e. The van der Waals surface area contributed by atoms with E-state index in [1.807, 2.05) is 37.3 Å². The predicted molar refractivity (Wildman–Crippen MR) is 70.1 cm³/mol. The fraction of sp³-hybridized carbons (Fsp3) is 0.500. The first-order valence-corrected chi connectivity index (χ1v) is 6.30. The summed E-state index contributed by atoms with van der Waals surface area (Å²) in [4.78, 5) is 11.7. The fourth-order valence-electron chi connectivity index (χ4n) is 1.67. The Morgan fingerprint density at radius 3 is 2.72 bits per heavy atom. The Labute approximate surface area is 108 Å². The second-order valence-corrected chi connectivity index (χ2v) is 4.01. The summed E-state index contributed by atoms with van der Waals surface area (Å²) in [6.45, 7) is 3.10. The second-order valence-electron chi connectivity index (χ2n) is 4.01. The van der Waals surface area contributed by atoms with Gasteiger partial charge in [-0.05, 0) is 18.9 Å². The highest BCUT2D eigenvalue weighted by atomic mass is 16.5. The van der Waals surface area contributed by atoms with Crippen LogP contribution in [0.15, 0.2) is 30.3 Å². The molecule has 0 saturated carbocycles. The van der Waals surface area contributed by atoms with Gasteiger partial charge < -0.3 is 15.2 Å². The topological polar surface area (TPSA) is 58.6 Å². The molecule has 0 saturated heterocycles. The van der Waals surface area contributed by atoms with E-state index < -0.39 is 0 Å². The molecule has 4 heteroatoms. The van der Waals surface area contributed by atoms with Crippen LogP contribution < -0.4 is 5.32 Å². The number of aliphatic hydroxyl groups excluding tert-OH is 1. The molecule has 0 spiro atoms. The number of hydrogen-bond acceptors (Lipinski definition) is 3. The fourth-order valence-corrected chi connectivity index (χ4v) is 1.67. The van der Waals surface area contributed by atoms with Gasteiger partial charge in [0.05, 0.1) is 12.6 Å². The summed E-state index contributed by atoms with van der Waals surface area (Å²) in [5, 5.41) is 12.1. The van der Waals surface area contributed by atoms with Crippen molar-refractivity contribution in [3.63, 3.8) is 0 Å². The molecule has 2 N–H and O–H groups in total. The molecule has 1 rings (SSSR count). The Morgan fingerprint density at radius 1 is 1.39 bits per heavy atom. The van der Waals surface area contributed by atoms with Gasteiger partial charge in [0.25, 0.3) is 0 Å². The van der Waals surface area contributed by atoms with E-state index in [2.05, 4.69) is 5.32 Å². The van der Waals surface area contributed by atoms with E-state index in [4.69, 9.17) is 4.74 Å². The lowest BCUT2D eigenvalue weighted by Crippen LogP contribution is -2.30. The van der Waals surface area contributed by atoms with Crippen molar-refractivity contribution in [2.75, 3.05) is 19.8 Å². The van der Waals surface area contributed by atoms with Crippen LogP contribution in [-0.2, 0) is 9.53 Å². The SMILES string of the molecule is CCOCCCC(=O)NC(CO)c1ccccc1. The molecule has 1 atom stereocenters. The molecule has 4 nitrogen and oxygen atoms in total. The summed E-state index contributed by atoms with van der Waals surface area (Å²) in [5.74, 6) is -0.0578. The van der Waals surface area contributed by atoms with Crippen LogP contribution in [0.2, 0.25) is 0 Å². The van der Waals surface area contributed by atoms with E-state index in [1.165, 1.54) is 0 Å². The van der Waals surface area contributed by atoms with Crippen molar-refractivity contribution < 1.29 is 14.6 Å². The molecule has 0 aliphatic carbocycles. The molecule has 0 fully saturated rings. The van der Waals surface area contributed by atoms with Gasteiger partial charge in [0.1, 0.15) is 0 Å². The van der Waals surface area contributed by atoms with Crippen LogP contribution in [0, 0.1) is 0 Å². The normalized spacial score (nSPS) is 12.1. The third-order valence-electron chi connectivity index (χ3n) is 2.62. The Bertz CT molecular complexity index is 340. The minimum Gasteiger partial charge on any atom is -0.394 e. The maximum absolute atomic E-state index is 11.7. The number of carbonyl (C=O) groups is 1. The van der Waals surface area contributed by atoms with Gasteiger partial charge in [0.15, 0.2) is 0 Å². The molecule has 1 unspecified atom stereocenters. The van der Waals surface area contributed by atoms with Gasteiger partial charge in [-0.15, -0.1) is 0 Å². The zero-order valence-corrected chi connectivity index (χ0v) is 10.8. The van der Waals surface area contributed by atoms with Crippen molar-refractivity contribution in [2.45, 2.75) is 25.8 Å². The molecule has 1 aromatic rings. The number of benzene rings is 1. The lowest BCUT2D eigenvalue weighted by molar-refractivity contribution is -0.122. The van der Waals surface area contributed by atoms with Gasteiger partial charge in [-0.2, -0.15) is 0 Å². The van der Waals surface area contributed by atoms with Gasteiger partial charge in [0.2, 0.25) is 5.91 Å². The third kappa shape index (κ3) is 5.29. The van der Waals surface area contributed by atoms with E-state index in [0.717, 1.165) is 5.56 Å². The highest BCUT2D eigenvalue weighted by Gasteiger charge is 2.12. The first kappa shape index (κ1) is 14.7. The molecule has 0 heterocycles. The van der Waals surface area contributed by atoms with Crippen LogP contribution in [0.25, 0.3) is 0 Å². The predicted octanol–water partition coefficient (Wildman–Crippen LogP) is 1.65. The number of aliphatic hydroxyl groups is 1. The van der Waals surface area contributed by atoms with Crippen molar-refractivity contribution >= 4 is 5.91 Å². The molecule has 0 aliphatic rings. The van der Waals surface area contributed by atoms with Crippen molar-refractivity contribution in [2.24, 2.45) is 0 Å². The molecular formula is C14H21NO3. The Kier molecular flexibility index (Phi) is 7.06. The largest absolute Gasteiger partial charge is 0.394 e. The van der Waals surface area contributed by atoms with E-state index in [1.54, 1.807) is 0 Å². The molecule has 0 aromatic heterocycles. The Morgan fingerprint density at radius 2 is 2.11 bits per heavy atom. The standard InChI is InChI=1S/C14H21NO3/c1-2-18-10-6-9-14(17)15-13(11-16)12-7-4-3-5-8-12/h3-5,7-8,13,16H,2,6,9-11H2,1H3,(H,15,17). The Hall–Kier alpha value is -1.39. The summed E-state index contributed by atoms with van der Waals surface area (Å²) in [7, 11) is 0. The Balaban J connectivity index is 2.37. The maximum atomic E-state index is 11.7. The van der Waals surface area contributed by atoms with Gasteiger partial charge >= 0.3 is 0 Å². The van der Waals surface area contributed by atoms with Gasteiger partial charge in [0, 0.05) is 19.6 Å². The highest BCUT2D eigenvalue weighted by Crippen LogP contribution is 2.11. The summed E-state index contributed by atoms with van der Waals surface area (Å²) in [6, 6.07) is 9.13. The molecule has 18 heavy (non-hydrogen) atoms. The minimum atomic E-state index is -0.328. The summed E-state index contributed by atoms with van der Waals surface area (Å²) < 4.78 is 5.17. The number of nitrogens with one attached hydrogen (secondary N) is 1. The molecule has 1 amide bonds. The molecule has 1 aromatic carbocycles. The monoisotopic (exact) mass is 251 g/mol. The zero-order chi connectivity index (χ0) is 13.2. The van der Waals surface area contributed by atoms with E-state index in [9.17, 15) is 9.90 Å². The lowest BCUT2D eigenvalue weighted by Gasteiger charge is -2.16. The van der Waals surface area contributed by atoms with Crippen molar-refractivity contribution in [3.8, 4) is 0 Å². The lowest BCUT2D eigenvalue weighted by atomic mass is 10.1. The molecule has 100 valence electrons. The first-order valence-electron chi connectivity index (χ1n) is 6.30. The van der Waals surface area contributed by atoms with Gasteiger partial charge in [-0.25, -0.2) is 0 Å². The van der Waals surface area contributed by atoms with Crippen LogP contribution in [0.4, 0.5) is 0 Å². The summed E-state index contributed by atoms with van der Waals surface area (Å²) >= 11 is 0. The second kappa shape index (κ2) is 8.66. The number of hydrogen-bond donors (Lipinski definition) is 2. The quantitative estimate of drug-likeness (QED) is 0.691. The van der Waals surface area contributed by atoms with Crippen LogP contribution in [0.3, 0.4) is 0 Å². The van der Waals surface area contributed by atoms with Crippen LogP contribution >= 0.6 is 0 Å². The van der Waals surface area contributed by atoms with Crippen LogP contribution in [0.5, 0.6) is 0 Å². The van der Waals surface area contributed by atoms with E-state index >= 15 is 0 Å². The highest BCUT2D eigenvalue weighted by molar-refractivity contribution is 5.76. The molecule has 0 bridgehead atoms. The van der Waals surface area contributed by atoms with Crippen molar-refractivity contribution in [1.29, 1.82) is 0 Å². The van der Waals surface area contributed by atoms with E-state index in [0.29, 0.717) is 26.1 Å². The molecule has 0 radical (unpaired) electrons. The minimum absolute atomic E-state index is 0.0578. The van der Waals surface area contributed by atoms with Crippen molar-refractivity contribution in [3.05, 3.63) is 35.9 Å². The third-order valence-corrected chi connectivity index (χ3v) is 2.62. The molecular weight excluding hydrogens is 230 g/mol. The van der Waals surface area contributed by atoms with Crippen molar-refractivity contribution in [1.82, 2.24) is 5.32 Å². The van der Waals surface area contributed by atoms with Crippen LogP contribution in [0.1, 0.15) is 31.4 Å². The first-order chi connectivity index (χ1) is 8.77. The summed E-state index contributed by atoms with van der Waals surface area (Å²) in [6.07, 6.45) is 1.12. The van der Waals surface area contributed by atoms with Gasteiger partial charge in [-0.1, -0.05) is 30.3 Å². The number of rotatable bonds is 8. The van der Waals surface area contributed by atoms with Gasteiger partial charge in [-0.3, -0.25) is 4.79 Å². The average molecular weight is 251 g/mol. The number of ether oxygens (including phenoxy) is 1. The number of amides is 1. The maximum Gasteiger partial charge on any atom is 0.220 e. The molecule has 0 aliphatic heterocycles. The van der Waals surface area contributed by atoms with E-state index in [-0.39, 0.29) is 18.6 Å².